The van der Waals surface area contributed by atoms with Crippen molar-refractivity contribution in [1.82, 2.24) is 0 Å². The van der Waals surface area contributed by atoms with Crippen molar-refractivity contribution in [3.63, 3.8) is 0 Å². The van der Waals surface area contributed by atoms with E-state index in [9.17, 15) is 18.1 Å². The van der Waals surface area contributed by atoms with Crippen molar-refractivity contribution in [3.05, 3.63) is 241 Å². The molecule has 0 unspecified atom stereocenters. The molecular weight excluding hydrogens is 965 g/mol. The van der Waals surface area contributed by atoms with E-state index in [1.54, 1.807) is 0 Å². The average molecular weight is 1040 g/mol. The maximum Gasteiger partial charge on any atom is 0.146 e. The van der Waals surface area contributed by atoms with Gasteiger partial charge in [-0.25, -0.2) is 4.39 Å². The summed E-state index contributed by atoms with van der Waals surface area (Å²) in [5.74, 6) is 2.81. The summed E-state index contributed by atoms with van der Waals surface area (Å²) in [6.07, 6.45) is 14.2. The number of allylic oxidation sites excluding steroid dienone is 8. The molecule has 0 aliphatic heterocycles. The van der Waals surface area contributed by atoms with E-state index >= 15 is 0 Å². The van der Waals surface area contributed by atoms with Crippen LogP contribution in [-0.4, -0.2) is 24.7 Å². The Bertz CT molecular complexity index is 2850. The number of benzene rings is 6. The van der Waals surface area contributed by atoms with Crippen molar-refractivity contribution >= 4 is 53.3 Å². The fourth-order valence-electron chi connectivity index (χ4n) is 11.1. The molecule has 386 valence electrons. The van der Waals surface area contributed by atoms with E-state index in [0.29, 0.717) is 48.2 Å². The Morgan fingerprint density at radius 2 is 0.676 bits per heavy atom. The molecule has 0 aromatic heterocycles. The van der Waals surface area contributed by atoms with Crippen LogP contribution in [0.5, 0.6) is 0 Å². The topological polar surface area (TPSA) is 51.2 Å². The molecule has 3 nitrogen and oxygen atoms in total. The van der Waals surface area contributed by atoms with Crippen molar-refractivity contribution < 1.29 is 18.1 Å². The Balaban J connectivity index is 0.000000162. The fourth-order valence-corrected chi connectivity index (χ4v) is 18.7. The highest BCUT2D eigenvalue weighted by Gasteiger charge is 2.31. The Morgan fingerprint density at radius 3 is 0.986 bits per heavy atom. The van der Waals surface area contributed by atoms with Gasteiger partial charge in [0.2, 0.25) is 0 Å². The van der Waals surface area contributed by atoms with Gasteiger partial charge in [-0.15, -0.1) is 0 Å². The van der Waals surface area contributed by atoms with Gasteiger partial charge in [0.15, 0.2) is 0 Å². The summed E-state index contributed by atoms with van der Waals surface area (Å²) in [4.78, 5) is 0. The lowest BCUT2D eigenvalue weighted by Crippen LogP contribution is -2.21. The Morgan fingerprint density at radius 1 is 0.405 bits per heavy atom. The van der Waals surface area contributed by atoms with Gasteiger partial charge < -0.3 is 13.7 Å². The monoisotopic (exact) mass is 1040 g/mol. The van der Waals surface area contributed by atoms with E-state index in [0.717, 1.165) is 81.3 Å². The quantitative estimate of drug-likeness (QED) is 0.0906. The van der Waals surface area contributed by atoms with Gasteiger partial charge in [-0.2, -0.15) is 0 Å². The highest BCUT2D eigenvalue weighted by atomic mass is 31.2. The third-order valence-electron chi connectivity index (χ3n) is 15.3. The Labute approximate surface area is 444 Å². The third-order valence-corrected chi connectivity index (χ3v) is 24.2. The predicted octanol–water partition coefficient (Wildman–Crippen LogP) is 16.2. The van der Waals surface area contributed by atoms with Gasteiger partial charge in [0.1, 0.15) is 27.6 Å². The summed E-state index contributed by atoms with van der Waals surface area (Å²) < 4.78 is 56.1. The summed E-state index contributed by atoms with van der Waals surface area (Å²) in [5.41, 5.74) is 5.77. The first-order valence-corrected chi connectivity index (χ1v) is 32.4. The molecule has 0 saturated heterocycles. The molecule has 3 aliphatic carbocycles. The van der Waals surface area contributed by atoms with Gasteiger partial charge in [-0.1, -0.05) is 265 Å². The first-order chi connectivity index (χ1) is 35.6. The minimum Gasteiger partial charge on any atom is -0.313 e. The second-order valence-corrected chi connectivity index (χ2v) is 30.0. The van der Waals surface area contributed by atoms with E-state index in [2.05, 4.69) is 59.9 Å². The second kappa shape index (κ2) is 26.4. The van der Waals surface area contributed by atoms with Crippen LogP contribution in [-0.2, 0) is 13.7 Å². The van der Waals surface area contributed by atoms with Crippen LogP contribution in [0.1, 0.15) is 79.6 Å². The normalized spacial score (nSPS) is 21.9. The minimum atomic E-state index is -2.80. The zero-order chi connectivity index (χ0) is 52.7. The van der Waals surface area contributed by atoms with Gasteiger partial charge in [0, 0.05) is 50.3 Å². The number of hydrogen-bond donors (Lipinski definition) is 0. The molecule has 0 spiro atoms. The van der Waals surface area contributed by atoms with Gasteiger partial charge in [-0.3, -0.25) is 0 Å². The van der Waals surface area contributed by atoms with Crippen LogP contribution in [0.4, 0.5) is 4.39 Å². The Kier molecular flexibility index (Phi) is 20.1. The molecule has 0 amide bonds. The number of rotatable bonds is 12. The van der Waals surface area contributed by atoms with Crippen LogP contribution in [0, 0.1) is 29.6 Å². The van der Waals surface area contributed by atoms with Gasteiger partial charge in [0.05, 0.1) is 0 Å². The van der Waals surface area contributed by atoms with Crippen LogP contribution in [0.15, 0.2) is 241 Å². The first-order valence-electron chi connectivity index (χ1n) is 26.8. The molecule has 7 heteroatoms. The van der Waals surface area contributed by atoms with E-state index in [-0.39, 0.29) is 0 Å². The summed E-state index contributed by atoms with van der Waals surface area (Å²) >= 11 is 0. The SMILES string of the molecule is C=C1/C(=C\CP(=O)(c2ccccc2)c2ccccc2)C[C@@H](C)C[C@@H]1F.C=C1[C@H](C)CC(=CCP(=O)(c2ccccc2)c2ccccc2)C[C@H]1C.C[C@@H]1CC(=CCP(=O)(c2ccccc2)c2ccccc2)C[C@@H](C)C1. The smallest absolute Gasteiger partial charge is 0.146 e. The molecule has 6 aromatic rings. The molecule has 3 saturated carbocycles. The van der Waals surface area contributed by atoms with E-state index in [1.165, 1.54) is 23.1 Å². The van der Waals surface area contributed by atoms with Crippen molar-refractivity contribution in [2.45, 2.75) is 85.7 Å². The number of halogens is 1. The summed E-state index contributed by atoms with van der Waals surface area (Å²) in [6.45, 7) is 19.4. The molecule has 0 N–H and O–H groups in total. The number of alkyl halides is 1. The fraction of sp³-hybridized carbons (Fsp3) is 0.313. The predicted molar refractivity (Wildman–Crippen MR) is 319 cm³/mol. The molecule has 9 rings (SSSR count). The largest absolute Gasteiger partial charge is 0.313 e. The zero-order valence-corrected chi connectivity index (χ0v) is 47.1. The van der Waals surface area contributed by atoms with Gasteiger partial charge in [0.25, 0.3) is 0 Å². The summed E-state index contributed by atoms with van der Waals surface area (Å²) in [5, 5.41) is 5.49. The second-order valence-electron chi connectivity index (χ2n) is 21.4. The van der Waals surface area contributed by atoms with Crippen LogP contribution < -0.4 is 31.8 Å². The lowest BCUT2D eigenvalue weighted by molar-refractivity contribution is 0.294. The van der Waals surface area contributed by atoms with Crippen LogP contribution in [0.25, 0.3) is 0 Å². The van der Waals surface area contributed by atoms with Gasteiger partial charge in [-0.05, 0) is 85.7 Å². The van der Waals surface area contributed by atoms with Crippen LogP contribution >= 0.6 is 21.4 Å². The molecule has 6 aromatic carbocycles. The lowest BCUT2D eigenvalue weighted by Gasteiger charge is -2.30. The van der Waals surface area contributed by atoms with Crippen molar-refractivity contribution in [3.8, 4) is 0 Å². The molecule has 0 bridgehead atoms. The standard InChI is InChI=1S/C23H27OP.C22H24FOP.C22H27OP/c1-18-16-21(17-19(2)20(18)3)14-15-25(24,22-10-6-4-7-11-22)23-12-8-5-9-13-23;1-17-15-19(18(2)22(23)16-17)13-14-25(24,20-9-5-3-6-10-20)21-11-7-4-8-12-21;1-18-15-19(2)17-20(16-18)13-14-24(23,21-9-5-3-6-10-21)22-11-7-4-8-12-22/h4-14,18-19H,3,15-17H2,1-2H3;3-13,17,22H,2,14-16H2,1H3;3-13,18-19H,14-17H2,1-2H3/b;19-13-;/t18-,19-;17-,22+;18-,19-/m110/s1. The highest BCUT2D eigenvalue weighted by Crippen LogP contribution is 2.47. The van der Waals surface area contributed by atoms with E-state index < -0.39 is 27.6 Å². The van der Waals surface area contributed by atoms with Gasteiger partial charge >= 0.3 is 0 Å². The average Bonchev–Trinajstić information content (AvgIpc) is 3.43. The molecule has 74 heavy (non-hydrogen) atoms. The molecular formula is C67H78FO3P3. The van der Waals surface area contributed by atoms with E-state index in [1.807, 2.05) is 188 Å². The maximum atomic E-state index is 14.1. The molecule has 0 heterocycles. The molecule has 3 fully saturated rings. The lowest BCUT2D eigenvalue weighted by atomic mass is 9.77. The Hall–Kier alpha value is -5.36. The molecule has 3 aliphatic rings. The zero-order valence-electron chi connectivity index (χ0n) is 44.4. The van der Waals surface area contributed by atoms with Crippen LogP contribution in [0.2, 0.25) is 0 Å². The van der Waals surface area contributed by atoms with Crippen molar-refractivity contribution in [1.29, 1.82) is 0 Å². The van der Waals surface area contributed by atoms with Crippen molar-refractivity contribution in [2.24, 2.45) is 29.6 Å². The minimum absolute atomic E-state index is 0.291. The maximum absolute atomic E-state index is 14.1. The molecule has 6 atom stereocenters. The third kappa shape index (κ3) is 14.5. The van der Waals surface area contributed by atoms with E-state index in [4.69, 9.17) is 0 Å². The van der Waals surface area contributed by atoms with Crippen LogP contribution in [0.3, 0.4) is 0 Å². The number of hydrogen-bond acceptors (Lipinski definition) is 3. The molecule has 0 radical (unpaired) electrons. The highest BCUT2D eigenvalue weighted by molar-refractivity contribution is 7.79. The summed E-state index contributed by atoms with van der Waals surface area (Å²) in [6, 6.07) is 59.0. The van der Waals surface area contributed by atoms with Crippen molar-refractivity contribution in [2.75, 3.05) is 18.5 Å². The first kappa shape index (κ1) is 56.4. The summed E-state index contributed by atoms with van der Waals surface area (Å²) in [7, 11) is -8.05.